The number of anilines is 1. The molecule has 3 atom stereocenters. The molecular weight excluding hydrogens is 292 g/mol. The van der Waals surface area contributed by atoms with Crippen LogP contribution < -0.4 is 10.6 Å². The fraction of sp³-hybridized carbons (Fsp3) is 0.533. The number of benzene rings is 1. The summed E-state index contributed by atoms with van der Waals surface area (Å²) in [5.74, 6) is -0.140. The fourth-order valence-corrected chi connectivity index (χ4v) is 2.71. The SMILES string of the molecule is CCOC1CC(Nc2cc(C(=O)NC)ccc2Cl)C1OC. The van der Waals surface area contributed by atoms with Gasteiger partial charge < -0.3 is 20.1 Å². The Kier molecular flexibility index (Phi) is 5.45. The Morgan fingerprint density at radius 2 is 2.24 bits per heavy atom. The lowest BCUT2D eigenvalue weighted by Crippen LogP contribution is -2.56. The standard InChI is InChI=1S/C15H21ClN2O3/c1-4-21-13-8-12(14(13)20-3)18-11-7-9(15(19)17-2)5-6-10(11)16/h5-7,12-14,18H,4,8H2,1-3H3,(H,17,19). The molecule has 116 valence electrons. The van der Waals surface area contributed by atoms with Crippen molar-refractivity contribution in [1.29, 1.82) is 0 Å². The van der Waals surface area contributed by atoms with Gasteiger partial charge in [-0.15, -0.1) is 0 Å². The third-order valence-corrected chi connectivity index (χ3v) is 4.03. The summed E-state index contributed by atoms with van der Waals surface area (Å²) in [4.78, 5) is 11.7. The molecule has 0 aliphatic heterocycles. The summed E-state index contributed by atoms with van der Waals surface area (Å²) in [5.41, 5.74) is 1.30. The van der Waals surface area contributed by atoms with Crippen molar-refractivity contribution < 1.29 is 14.3 Å². The second-order valence-corrected chi connectivity index (χ2v) is 5.36. The summed E-state index contributed by atoms with van der Waals surface area (Å²) in [6, 6.07) is 5.30. The van der Waals surface area contributed by atoms with Gasteiger partial charge in [0.05, 0.1) is 22.9 Å². The number of hydrogen-bond acceptors (Lipinski definition) is 4. The van der Waals surface area contributed by atoms with Gasteiger partial charge >= 0.3 is 0 Å². The summed E-state index contributed by atoms with van der Waals surface area (Å²) in [5, 5.41) is 6.52. The highest BCUT2D eigenvalue weighted by atomic mass is 35.5. The maximum atomic E-state index is 11.7. The van der Waals surface area contributed by atoms with E-state index in [4.69, 9.17) is 21.1 Å². The minimum Gasteiger partial charge on any atom is -0.378 e. The first-order valence-corrected chi connectivity index (χ1v) is 7.41. The molecule has 0 spiro atoms. The normalized spacial score (nSPS) is 24.3. The van der Waals surface area contributed by atoms with Gasteiger partial charge in [0.2, 0.25) is 0 Å². The topological polar surface area (TPSA) is 59.6 Å². The van der Waals surface area contributed by atoms with Crippen molar-refractivity contribution in [3.8, 4) is 0 Å². The maximum Gasteiger partial charge on any atom is 0.251 e. The molecule has 0 saturated heterocycles. The summed E-state index contributed by atoms with van der Waals surface area (Å²) < 4.78 is 11.1. The molecule has 2 N–H and O–H groups in total. The summed E-state index contributed by atoms with van der Waals surface area (Å²) in [6.45, 7) is 2.64. The maximum absolute atomic E-state index is 11.7. The van der Waals surface area contributed by atoms with Gasteiger partial charge in [0, 0.05) is 26.3 Å². The Labute approximate surface area is 130 Å². The van der Waals surface area contributed by atoms with Crippen LogP contribution in [0, 0.1) is 0 Å². The molecule has 1 fully saturated rings. The third kappa shape index (κ3) is 3.48. The Hall–Kier alpha value is -1.30. The molecule has 0 heterocycles. The number of halogens is 1. The average Bonchev–Trinajstić information content (AvgIpc) is 2.47. The summed E-state index contributed by atoms with van der Waals surface area (Å²) in [6.07, 6.45) is 0.954. The van der Waals surface area contributed by atoms with E-state index < -0.39 is 0 Å². The van der Waals surface area contributed by atoms with Gasteiger partial charge in [0.25, 0.3) is 5.91 Å². The van der Waals surface area contributed by atoms with Crippen LogP contribution in [0.1, 0.15) is 23.7 Å². The van der Waals surface area contributed by atoms with E-state index in [1.54, 1.807) is 32.4 Å². The Morgan fingerprint density at radius 3 is 2.86 bits per heavy atom. The molecular formula is C15H21ClN2O3. The molecule has 1 aliphatic carbocycles. The minimum atomic E-state index is -0.140. The highest BCUT2D eigenvalue weighted by Crippen LogP contribution is 2.32. The number of rotatable bonds is 6. The molecule has 0 aromatic heterocycles. The first-order chi connectivity index (χ1) is 10.1. The number of amides is 1. The van der Waals surface area contributed by atoms with Gasteiger partial charge in [-0.3, -0.25) is 4.79 Å². The number of carbonyl (C=O) groups is 1. The lowest BCUT2D eigenvalue weighted by Gasteiger charge is -2.43. The van der Waals surface area contributed by atoms with E-state index in [1.165, 1.54) is 0 Å². The lowest BCUT2D eigenvalue weighted by molar-refractivity contribution is -0.118. The second-order valence-electron chi connectivity index (χ2n) is 4.95. The molecule has 6 heteroatoms. The Morgan fingerprint density at radius 1 is 1.48 bits per heavy atom. The van der Waals surface area contributed by atoms with Crippen molar-refractivity contribution in [2.75, 3.05) is 26.1 Å². The summed E-state index contributed by atoms with van der Waals surface area (Å²) >= 11 is 6.19. The van der Waals surface area contributed by atoms with Crippen LogP contribution >= 0.6 is 11.6 Å². The highest BCUT2D eigenvalue weighted by molar-refractivity contribution is 6.33. The molecule has 0 radical (unpaired) electrons. The Bertz CT molecular complexity index is 510. The van der Waals surface area contributed by atoms with Crippen molar-refractivity contribution in [2.45, 2.75) is 31.6 Å². The van der Waals surface area contributed by atoms with Gasteiger partial charge in [0.15, 0.2) is 0 Å². The number of methoxy groups -OCH3 is 1. The highest BCUT2D eigenvalue weighted by Gasteiger charge is 2.42. The quantitative estimate of drug-likeness (QED) is 0.846. The van der Waals surface area contributed by atoms with E-state index in [0.29, 0.717) is 17.2 Å². The molecule has 1 aliphatic rings. The zero-order valence-electron chi connectivity index (χ0n) is 12.5. The predicted octanol–water partition coefficient (Wildman–Crippen LogP) is 2.30. The zero-order chi connectivity index (χ0) is 15.4. The monoisotopic (exact) mass is 312 g/mol. The van der Waals surface area contributed by atoms with Crippen LogP contribution in [-0.2, 0) is 9.47 Å². The van der Waals surface area contributed by atoms with Crippen molar-refractivity contribution in [3.63, 3.8) is 0 Å². The lowest BCUT2D eigenvalue weighted by atomic mass is 9.85. The second kappa shape index (κ2) is 7.11. The average molecular weight is 313 g/mol. The molecule has 1 aromatic carbocycles. The van der Waals surface area contributed by atoms with Crippen LogP contribution in [0.25, 0.3) is 0 Å². The predicted molar refractivity (Wildman–Crippen MR) is 83.1 cm³/mol. The van der Waals surface area contributed by atoms with Crippen LogP contribution in [0.2, 0.25) is 5.02 Å². The van der Waals surface area contributed by atoms with E-state index in [0.717, 1.165) is 12.1 Å². The number of carbonyl (C=O) groups excluding carboxylic acids is 1. The third-order valence-electron chi connectivity index (χ3n) is 3.70. The largest absolute Gasteiger partial charge is 0.378 e. The molecule has 3 unspecified atom stereocenters. The zero-order valence-corrected chi connectivity index (χ0v) is 13.2. The van der Waals surface area contributed by atoms with Crippen molar-refractivity contribution >= 4 is 23.2 Å². The van der Waals surface area contributed by atoms with Crippen LogP contribution in [0.15, 0.2) is 18.2 Å². The molecule has 1 amide bonds. The first-order valence-electron chi connectivity index (χ1n) is 7.03. The van der Waals surface area contributed by atoms with Gasteiger partial charge in [0.1, 0.15) is 6.10 Å². The van der Waals surface area contributed by atoms with E-state index >= 15 is 0 Å². The summed E-state index contributed by atoms with van der Waals surface area (Å²) in [7, 11) is 3.27. The van der Waals surface area contributed by atoms with E-state index in [1.807, 2.05) is 6.92 Å². The first kappa shape index (κ1) is 16.1. The smallest absolute Gasteiger partial charge is 0.251 e. The van der Waals surface area contributed by atoms with Crippen LogP contribution in [-0.4, -0.2) is 44.9 Å². The number of nitrogens with one attached hydrogen (secondary N) is 2. The van der Waals surface area contributed by atoms with Gasteiger partial charge in [-0.25, -0.2) is 0 Å². The van der Waals surface area contributed by atoms with E-state index in [-0.39, 0.29) is 24.2 Å². The molecule has 2 rings (SSSR count). The number of hydrogen-bond donors (Lipinski definition) is 2. The van der Waals surface area contributed by atoms with E-state index in [9.17, 15) is 4.79 Å². The molecule has 1 aromatic rings. The Balaban J connectivity index is 2.07. The van der Waals surface area contributed by atoms with Gasteiger partial charge in [-0.2, -0.15) is 0 Å². The van der Waals surface area contributed by atoms with Crippen molar-refractivity contribution in [3.05, 3.63) is 28.8 Å². The molecule has 21 heavy (non-hydrogen) atoms. The van der Waals surface area contributed by atoms with Gasteiger partial charge in [-0.05, 0) is 31.5 Å². The van der Waals surface area contributed by atoms with Crippen LogP contribution in [0.4, 0.5) is 5.69 Å². The van der Waals surface area contributed by atoms with Crippen LogP contribution in [0.3, 0.4) is 0 Å². The fourth-order valence-electron chi connectivity index (χ4n) is 2.54. The molecule has 0 bridgehead atoms. The minimum absolute atomic E-state index is 0.00956. The molecule has 5 nitrogen and oxygen atoms in total. The van der Waals surface area contributed by atoms with Crippen molar-refractivity contribution in [2.24, 2.45) is 0 Å². The van der Waals surface area contributed by atoms with Crippen molar-refractivity contribution in [1.82, 2.24) is 5.32 Å². The van der Waals surface area contributed by atoms with Crippen LogP contribution in [0.5, 0.6) is 0 Å². The number of ether oxygens (including phenoxy) is 2. The molecule has 1 saturated carbocycles. The van der Waals surface area contributed by atoms with E-state index in [2.05, 4.69) is 10.6 Å². The van der Waals surface area contributed by atoms with Gasteiger partial charge in [-0.1, -0.05) is 11.6 Å².